The van der Waals surface area contributed by atoms with Crippen LogP contribution in [0.15, 0.2) is 164 Å². The summed E-state index contributed by atoms with van der Waals surface area (Å²) in [7, 11) is -8.56. The zero-order chi connectivity index (χ0) is 84.1. The standard InChI is InChI=1S/C31H39N3O5S2.C28H41N3O4S2.C26H37N3O4S2/c1-31(2,3)26-14-11-22(12-15-26)17-24(21-39-29(35)25-9-7-6-8-10-25)20-33-30(40)32-19-23-13-16-27(28(18-23)38-4)34-41(5,36)37;1-27(2,3)23-12-8-20(9-13-23)16-22(19-35-25(32)28(4,5)6)18-30-26(36)29-17-21-10-14-24(15-11-21)31-37(7,33)34;1-18-7-8-21(13-19(18)2)14-22(17-33-24(30)26(3,4)5)16-28-25(34)27-15-20-9-11-23(12-10-20)29-35(6,31)32/h6-16,18,24,34H,17,19-21H2,1-5H3,(H2,32,33,40);8-15,22,31H,16-19H2,1-7H3,(H2,29,30,36);7-13,22,29H,14-17H2,1-6H3,(H2,27,28,34). The summed E-state index contributed by atoms with van der Waals surface area (Å²) in [5.74, 6) is -0.345. The number of thiocarbonyl (C=S) groups is 3. The van der Waals surface area contributed by atoms with Crippen LogP contribution in [0.5, 0.6) is 5.75 Å². The van der Waals surface area contributed by atoms with Crippen molar-refractivity contribution in [1.82, 2.24) is 31.9 Å². The van der Waals surface area contributed by atoms with Gasteiger partial charge in [-0.25, -0.2) is 30.0 Å². The van der Waals surface area contributed by atoms with Gasteiger partial charge in [-0.2, -0.15) is 0 Å². The number of hydrogen-bond acceptors (Lipinski definition) is 16. The van der Waals surface area contributed by atoms with E-state index in [0.29, 0.717) is 103 Å². The third-order valence-electron chi connectivity index (χ3n) is 17.5. The smallest absolute Gasteiger partial charge is 0.338 e. The SMILES string of the molecule is CC(C)(C)C(=O)OCC(CNC(=S)NCc1ccc(NS(C)(=O)=O)cc1)Cc1ccc(C(C)(C)C)cc1.COc1cc(CNC(=S)NCC(COC(=O)c2ccccc2)Cc2ccc(C(C)(C)C)cc2)ccc1NS(C)(=O)=O.Cc1ccc(CC(CNC(=S)NCc2ccc(NS(C)(=O)=O)cc2)COC(=O)C(C)(C)C)cc1C. The molecule has 0 saturated carbocycles. The van der Waals surface area contributed by atoms with Gasteiger partial charge < -0.3 is 50.8 Å². The highest BCUT2D eigenvalue weighted by atomic mass is 32.2. The molecule has 0 aliphatic rings. The lowest BCUT2D eigenvalue weighted by molar-refractivity contribution is -0.155. The summed E-state index contributed by atoms with van der Waals surface area (Å²) in [6.45, 7) is 32.2. The van der Waals surface area contributed by atoms with Gasteiger partial charge >= 0.3 is 17.9 Å². The number of rotatable bonds is 32. The minimum Gasteiger partial charge on any atom is -0.495 e. The molecule has 9 N–H and O–H groups in total. The topological polar surface area (TPSA) is 299 Å². The molecule has 7 aromatic carbocycles. The van der Waals surface area contributed by atoms with Crippen molar-refractivity contribution in [3.8, 4) is 5.75 Å². The second-order valence-electron chi connectivity index (χ2n) is 32.4. The van der Waals surface area contributed by atoms with Crippen molar-refractivity contribution in [1.29, 1.82) is 0 Å². The number of nitrogens with one attached hydrogen (secondary N) is 9. The van der Waals surface area contributed by atoms with E-state index in [1.165, 1.54) is 40.5 Å². The fourth-order valence-corrected chi connectivity index (χ4v) is 13.0. The first-order valence-electron chi connectivity index (χ1n) is 37.2. The Labute approximate surface area is 688 Å². The molecule has 0 spiro atoms. The number of benzene rings is 7. The molecule has 0 aliphatic heterocycles. The first kappa shape index (κ1) is 94.7. The van der Waals surface area contributed by atoms with Gasteiger partial charge in [-0.3, -0.25) is 23.8 Å². The number of carbonyl (C=O) groups excluding carboxylic acids is 3. The number of anilines is 3. The highest BCUT2D eigenvalue weighted by molar-refractivity contribution is 7.92. The average molecular weight is 1670 g/mol. The molecular weight excluding hydrogens is 1550 g/mol. The molecule has 3 unspecified atom stereocenters. The number of methoxy groups -OCH3 is 1. The van der Waals surface area contributed by atoms with Crippen LogP contribution >= 0.6 is 36.7 Å². The zero-order valence-corrected chi connectivity index (χ0v) is 73.5. The van der Waals surface area contributed by atoms with E-state index in [1.54, 1.807) is 54.6 Å². The average Bonchev–Trinajstić information content (AvgIpc) is 0.853. The lowest BCUT2D eigenvalue weighted by atomic mass is 9.86. The minimum absolute atomic E-state index is 0.0238. The van der Waals surface area contributed by atoms with Crippen LogP contribution in [0.4, 0.5) is 17.1 Å². The maximum Gasteiger partial charge on any atom is 0.338 e. The molecule has 0 fully saturated rings. The van der Waals surface area contributed by atoms with Crippen LogP contribution < -0.4 is 50.8 Å². The summed E-state index contributed by atoms with van der Waals surface area (Å²) in [5.41, 5.74) is 12.2. The first-order valence-corrected chi connectivity index (χ1v) is 44.1. The highest BCUT2D eigenvalue weighted by Crippen LogP contribution is 2.29. The highest BCUT2D eigenvalue weighted by Gasteiger charge is 2.27. The van der Waals surface area contributed by atoms with Crippen molar-refractivity contribution in [3.63, 3.8) is 0 Å². The molecule has 0 saturated heterocycles. The van der Waals surface area contributed by atoms with Crippen molar-refractivity contribution < 1.29 is 58.6 Å². The molecule has 22 nitrogen and oxygen atoms in total. The molecule has 3 atom stereocenters. The molecule has 28 heteroatoms. The van der Waals surface area contributed by atoms with Crippen LogP contribution in [0.2, 0.25) is 0 Å². The summed E-state index contributed by atoms with van der Waals surface area (Å²) >= 11 is 16.4. The fourth-order valence-electron chi connectivity index (χ4n) is 10.8. The molecule has 0 radical (unpaired) electrons. The Morgan fingerprint density at radius 3 is 1.09 bits per heavy atom. The first-order chi connectivity index (χ1) is 52.6. The van der Waals surface area contributed by atoms with E-state index >= 15 is 0 Å². The third kappa shape index (κ3) is 37.7. The molecule has 0 aromatic heterocycles. The molecule has 7 aromatic rings. The van der Waals surface area contributed by atoms with Crippen LogP contribution in [-0.2, 0) is 104 Å². The predicted molar refractivity (Wildman–Crippen MR) is 469 cm³/mol. The summed E-state index contributed by atoms with van der Waals surface area (Å²) in [6, 6.07) is 51.8. The van der Waals surface area contributed by atoms with Crippen molar-refractivity contribution in [3.05, 3.63) is 225 Å². The Bertz CT molecular complexity index is 4620. The third-order valence-corrected chi connectivity index (χ3v) is 20.1. The van der Waals surface area contributed by atoms with Crippen LogP contribution in [0, 0.1) is 42.4 Å². The number of hydrogen-bond donors (Lipinski definition) is 9. The maximum atomic E-state index is 12.6. The van der Waals surface area contributed by atoms with Gasteiger partial charge in [0.25, 0.3) is 0 Å². The van der Waals surface area contributed by atoms with E-state index in [1.807, 2.05) is 84.0 Å². The van der Waals surface area contributed by atoms with Crippen molar-refractivity contribution in [2.45, 2.75) is 147 Å². The molecule has 0 amide bonds. The van der Waals surface area contributed by atoms with Gasteiger partial charge in [-0.1, -0.05) is 157 Å². The molecule has 0 bridgehead atoms. The van der Waals surface area contributed by atoms with E-state index in [2.05, 4.69) is 168 Å². The Morgan fingerprint density at radius 1 is 0.389 bits per heavy atom. The molecule has 7 rings (SSSR count). The number of esters is 3. The van der Waals surface area contributed by atoms with Gasteiger partial charge in [0.05, 0.1) is 67.8 Å². The predicted octanol–water partition coefficient (Wildman–Crippen LogP) is 13.9. The van der Waals surface area contributed by atoms with Crippen LogP contribution in [0.1, 0.15) is 149 Å². The van der Waals surface area contributed by atoms with Gasteiger partial charge in [0, 0.05) is 68.4 Å². The summed E-state index contributed by atoms with van der Waals surface area (Å²) in [6.07, 6.45) is 5.51. The number of ether oxygens (including phenoxy) is 4. The summed E-state index contributed by atoms with van der Waals surface area (Å²) < 4.78 is 98.1. The Balaban J connectivity index is 0.000000304. The number of sulfonamides is 3. The van der Waals surface area contributed by atoms with Crippen LogP contribution in [0.3, 0.4) is 0 Å². The molecule has 0 aliphatic carbocycles. The molecule has 113 heavy (non-hydrogen) atoms. The summed E-state index contributed by atoms with van der Waals surface area (Å²) in [5, 5.41) is 20.7. The molecule has 616 valence electrons. The van der Waals surface area contributed by atoms with Crippen molar-refractivity contribution in [2.75, 3.05) is 79.5 Å². The van der Waals surface area contributed by atoms with Crippen LogP contribution in [0.25, 0.3) is 0 Å². The van der Waals surface area contributed by atoms with Crippen LogP contribution in [-0.4, -0.2) is 124 Å². The lowest BCUT2D eigenvalue weighted by Gasteiger charge is -2.23. The second-order valence-corrected chi connectivity index (χ2v) is 38.9. The monoisotopic (exact) mass is 1660 g/mol. The fraction of sp³-hybridized carbons (Fsp3) is 0.435. The largest absolute Gasteiger partial charge is 0.495 e. The van der Waals surface area contributed by atoms with Gasteiger partial charge in [-0.15, -0.1) is 0 Å². The molecule has 0 heterocycles. The Kier molecular flexibility index (Phi) is 36.5. The van der Waals surface area contributed by atoms with Gasteiger partial charge in [0.1, 0.15) is 5.75 Å². The second kappa shape index (κ2) is 43.5. The van der Waals surface area contributed by atoms with E-state index in [-0.39, 0.29) is 53.1 Å². The Hall–Kier alpha value is -8.93. The van der Waals surface area contributed by atoms with E-state index in [0.717, 1.165) is 53.9 Å². The maximum absolute atomic E-state index is 12.6. The minimum atomic E-state index is -3.43. The zero-order valence-electron chi connectivity index (χ0n) is 68.6. The van der Waals surface area contributed by atoms with E-state index < -0.39 is 40.9 Å². The quantitative estimate of drug-likeness (QED) is 0.0108. The van der Waals surface area contributed by atoms with Crippen molar-refractivity contribution >= 4 is 117 Å². The number of aryl methyl sites for hydroxylation is 2. The van der Waals surface area contributed by atoms with E-state index in [9.17, 15) is 39.6 Å². The summed E-state index contributed by atoms with van der Waals surface area (Å²) in [4.78, 5) is 37.2. The van der Waals surface area contributed by atoms with E-state index in [4.69, 9.17) is 55.6 Å². The van der Waals surface area contributed by atoms with Gasteiger partial charge in [0.2, 0.25) is 30.1 Å². The van der Waals surface area contributed by atoms with Gasteiger partial charge in [0.15, 0.2) is 15.3 Å². The van der Waals surface area contributed by atoms with Gasteiger partial charge in [-0.05, 0) is 226 Å². The Morgan fingerprint density at radius 2 is 0.735 bits per heavy atom. The normalized spacial score (nSPS) is 12.5. The molecular formula is C85H117N9O13S6. The van der Waals surface area contributed by atoms with Crippen molar-refractivity contribution in [2.24, 2.45) is 28.6 Å². The number of carbonyl (C=O) groups is 3. The lowest BCUT2D eigenvalue weighted by Crippen LogP contribution is -2.39.